The lowest BCUT2D eigenvalue weighted by Gasteiger charge is -2.24. The normalized spacial score (nSPS) is 16.5. The zero-order valence-corrected chi connectivity index (χ0v) is 13.6. The molecule has 1 amide bonds. The number of aromatic nitrogens is 2. The summed E-state index contributed by atoms with van der Waals surface area (Å²) in [6.45, 7) is 0. The summed E-state index contributed by atoms with van der Waals surface area (Å²) in [4.78, 5) is 12.2. The van der Waals surface area contributed by atoms with E-state index in [0.29, 0.717) is 6.42 Å². The Morgan fingerprint density at radius 2 is 1.75 bits per heavy atom. The molecular formula is C20H19N3O. The molecule has 4 nitrogen and oxygen atoms in total. The highest BCUT2D eigenvalue weighted by Gasteiger charge is 2.32. The van der Waals surface area contributed by atoms with Crippen LogP contribution in [0.4, 0.5) is 5.82 Å². The van der Waals surface area contributed by atoms with Crippen LogP contribution >= 0.6 is 0 Å². The lowest BCUT2D eigenvalue weighted by atomic mass is 9.85. The summed E-state index contributed by atoms with van der Waals surface area (Å²) in [6, 6.07) is 20.5. The van der Waals surface area contributed by atoms with Gasteiger partial charge in [0.05, 0.1) is 5.69 Å². The van der Waals surface area contributed by atoms with Gasteiger partial charge in [0.25, 0.3) is 0 Å². The smallest absolute Gasteiger partial charge is 0.226 e. The molecule has 24 heavy (non-hydrogen) atoms. The van der Waals surface area contributed by atoms with Gasteiger partial charge in [-0.1, -0.05) is 60.7 Å². The van der Waals surface area contributed by atoms with Crippen molar-refractivity contribution in [2.75, 3.05) is 5.32 Å². The minimum absolute atomic E-state index is 0.0612. The Kier molecular flexibility index (Phi) is 3.65. The van der Waals surface area contributed by atoms with Gasteiger partial charge in [-0.05, 0) is 12.0 Å². The first-order chi connectivity index (χ1) is 11.7. The van der Waals surface area contributed by atoms with Crippen molar-refractivity contribution in [3.8, 4) is 11.3 Å². The first-order valence-corrected chi connectivity index (χ1v) is 8.18. The monoisotopic (exact) mass is 317 g/mol. The fourth-order valence-corrected chi connectivity index (χ4v) is 3.47. The van der Waals surface area contributed by atoms with Gasteiger partial charge < -0.3 is 5.32 Å². The van der Waals surface area contributed by atoms with Gasteiger partial charge in [0.1, 0.15) is 5.82 Å². The molecule has 0 saturated carbocycles. The van der Waals surface area contributed by atoms with Crippen molar-refractivity contribution >= 4 is 11.7 Å². The Labute approximate surface area is 141 Å². The molecule has 0 aliphatic carbocycles. The number of amides is 1. The molecule has 0 saturated heterocycles. The van der Waals surface area contributed by atoms with Gasteiger partial charge in [-0.25, -0.2) is 0 Å². The van der Waals surface area contributed by atoms with Crippen molar-refractivity contribution in [3.63, 3.8) is 0 Å². The van der Waals surface area contributed by atoms with E-state index < -0.39 is 0 Å². The standard InChI is InChI=1S/C20H19N3O/c1-23-20-18(19(22-23)15-10-6-3-7-11-15)16(13-17(24)21-20)12-14-8-4-2-5-9-14/h2-11,16H,12-13H2,1H3,(H,21,24)/t16-/m1/s1. The lowest BCUT2D eigenvalue weighted by Crippen LogP contribution is -2.25. The largest absolute Gasteiger partial charge is 0.311 e. The van der Waals surface area contributed by atoms with Crippen molar-refractivity contribution in [3.05, 3.63) is 71.8 Å². The van der Waals surface area contributed by atoms with Crippen LogP contribution in [-0.2, 0) is 18.3 Å². The summed E-state index contributed by atoms with van der Waals surface area (Å²) >= 11 is 0. The molecule has 0 radical (unpaired) electrons. The van der Waals surface area contributed by atoms with Gasteiger partial charge in [-0.2, -0.15) is 5.10 Å². The minimum atomic E-state index is 0.0612. The number of carbonyl (C=O) groups excluding carboxylic acids is 1. The number of hydrogen-bond acceptors (Lipinski definition) is 2. The molecule has 0 fully saturated rings. The van der Waals surface area contributed by atoms with Gasteiger partial charge in [0.2, 0.25) is 5.91 Å². The molecule has 2 heterocycles. The van der Waals surface area contributed by atoms with Gasteiger partial charge >= 0.3 is 0 Å². The zero-order chi connectivity index (χ0) is 16.5. The predicted octanol–water partition coefficient (Wildman–Crippen LogP) is 3.76. The third kappa shape index (κ3) is 2.60. The minimum Gasteiger partial charge on any atom is -0.311 e. The molecule has 4 heteroatoms. The maximum Gasteiger partial charge on any atom is 0.226 e. The van der Waals surface area contributed by atoms with Crippen LogP contribution in [0.3, 0.4) is 0 Å². The summed E-state index contributed by atoms with van der Waals surface area (Å²) in [5, 5.41) is 7.69. The highest BCUT2D eigenvalue weighted by molar-refractivity contribution is 5.95. The fraction of sp³-hybridized carbons (Fsp3) is 0.200. The van der Waals surface area contributed by atoms with Crippen molar-refractivity contribution in [1.29, 1.82) is 0 Å². The van der Waals surface area contributed by atoms with Crippen LogP contribution in [0.2, 0.25) is 0 Å². The molecule has 1 aromatic heterocycles. The van der Waals surface area contributed by atoms with Crippen LogP contribution in [0.25, 0.3) is 11.3 Å². The number of nitrogens with one attached hydrogen (secondary N) is 1. The molecule has 0 bridgehead atoms. The van der Waals surface area contributed by atoms with Gasteiger partial charge in [-0.15, -0.1) is 0 Å². The van der Waals surface area contributed by atoms with Crippen LogP contribution in [0.15, 0.2) is 60.7 Å². The van der Waals surface area contributed by atoms with E-state index in [1.54, 1.807) is 4.68 Å². The molecule has 120 valence electrons. The number of aryl methyl sites for hydroxylation is 1. The Morgan fingerprint density at radius 3 is 2.46 bits per heavy atom. The van der Waals surface area contributed by atoms with Crippen LogP contribution < -0.4 is 5.32 Å². The highest BCUT2D eigenvalue weighted by atomic mass is 16.1. The van der Waals surface area contributed by atoms with Crippen molar-refractivity contribution in [2.24, 2.45) is 7.05 Å². The first kappa shape index (κ1) is 14.7. The van der Waals surface area contributed by atoms with E-state index >= 15 is 0 Å². The first-order valence-electron chi connectivity index (χ1n) is 8.18. The van der Waals surface area contributed by atoms with Crippen LogP contribution in [-0.4, -0.2) is 15.7 Å². The Bertz CT molecular complexity index is 869. The summed E-state index contributed by atoms with van der Waals surface area (Å²) in [5.41, 5.74) is 4.44. The Hall–Kier alpha value is -2.88. The Morgan fingerprint density at radius 1 is 1.08 bits per heavy atom. The number of rotatable bonds is 3. The van der Waals surface area contributed by atoms with Gasteiger partial charge in [0, 0.05) is 30.5 Å². The fourth-order valence-electron chi connectivity index (χ4n) is 3.47. The molecule has 3 aromatic rings. The number of hydrogen-bond donors (Lipinski definition) is 1. The van der Waals surface area contributed by atoms with E-state index in [9.17, 15) is 4.79 Å². The topological polar surface area (TPSA) is 46.9 Å². The summed E-state index contributed by atoms with van der Waals surface area (Å²) < 4.78 is 1.78. The van der Waals surface area contributed by atoms with E-state index in [-0.39, 0.29) is 11.8 Å². The zero-order valence-electron chi connectivity index (χ0n) is 13.6. The van der Waals surface area contributed by atoms with E-state index in [1.165, 1.54) is 5.56 Å². The van der Waals surface area contributed by atoms with Crippen molar-refractivity contribution in [2.45, 2.75) is 18.8 Å². The second-order valence-electron chi connectivity index (χ2n) is 6.24. The Balaban J connectivity index is 1.81. The molecule has 4 rings (SSSR count). The molecule has 2 aromatic carbocycles. The average Bonchev–Trinajstić information content (AvgIpc) is 2.94. The van der Waals surface area contributed by atoms with Gasteiger partial charge in [-0.3, -0.25) is 9.48 Å². The third-order valence-corrected chi connectivity index (χ3v) is 4.55. The molecule has 0 spiro atoms. The van der Waals surface area contributed by atoms with Crippen LogP contribution in [0.5, 0.6) is 0 Å². The predicted molar refractivity (Wildman–Crippen MR) is 94.8 cm³/mol. The maximum atomic E-state index is 12.2. The maximum absolute atomic E-state index is 12.2. The third-order valence-electron chi connectivity index (χ3n) is 4.55. The molecular weight excluding hydrogens is 298 g/mol. The lowest BCUT2D eigenvalue weighted by molar-refractivity contribution is -0.116. The van der Waals surface area contributed by atoms with Crippen LogP contribution in [0.1, 0.15) is 23.5 Å². The molecule has 1 N–H and O–H groups in total. The second-order valence-corrected chi connectivity index (χ2v) is 6.24. The number of benzene rings is 2. The van der Waals surface area contributed by atoms with E-state index in [2.05, 4.69) is 29.6 Å². The number of nitrogens with zero attached hydrogens (tertiary/aromatic N) is 2. The number of carbonyl (C=O) groups is 1. The molecule has 1 atom stereocenters. The molecule has 1 aliphatic heterocycles. The highest BCUT2D eigenvalue weighted by Crippen LogP contribution is 2.40. The second kappa shape index (κ2) is 5.96. The average molecular weight is 317 g/mol. The van der Waals surface area contributed by atoms with E-state index in [1.807, 2.05) is 43.4 Å². The number of anilines is 1. The summed E-state index contributed by atoms with van der Waals surface area (Å²) in [6.07, 6.45) is 1.33. The summed E-state index contributed by atoms with van der Waals surface area (Å²) in [7, 11) is 1.89. The van der Waals surface area contributed by atoms with Crippen molar-refractivity contribution < 1.29 is 4.79 Å². The van der Waals surface area contributed by atoms with Gasteiger partial charge in [0.15, 0.2) is 0 Å². The number of fused-ring (bicyclic) bond motifs is 1. The van der Waals surface area contributed by atoms with Crippen molar-refractivity contribution in [1.82, 2.24) is 9.78 Å². The van der Waals surface area contributed by atoms with E-state index in [4.69, 9.17) is 5.10 Å². The quantitative estimate of drug-likeness (QED) is 0.799. The van der Waals surface area contributed by atoms with E-state index in [0.717, 1.165) is 29.1 Å². The molecule has 1 aliphatic rings. The van der Waals surface area contributed by atoms with Crippen LogP contribution in [0, 0.1) is 0 Å². The SMILES string of the molecule is Cn1nc(-c2ccccc2)c2c1NC(=O)C[C@H]2Cc1ccccc1. The summed E-state index contributed by atoms with van der Waals surface area (Å²) in [5.74, 6) is 1.03. The molecule has 0 unspecified atom stereocenters.